The molecule has 0 aromatic heterocycles. The predicted molar refractivity (Wildman–Crippen MR) is 38.2 cm³/mol. The zero-order valence-corrected chi connectivity index (χ0v) is 5.00. The summed E-state index contributed by atoms with van der Waals surface area (Å²) in [4.78, 5) is 10.2. The number of carboxylic acid groups (broad SMARTS) is 1. The van der Waals surface area contributed by atoms with Gasteiger partial charge in [-0.05, 0) is 18.8 Å². The van der Waals surface area contributed by atoms with Crippen molar-refractivity contribution < 1.29 is 9.90 Å². The van der Waals surface area contributed by atoms with Crippen LogP contribution in [0.2, 0.25) is 0 Å². The molecule has 2 aliphatic rings. The Bertz CT molecular complexity index is 158. The van der Waals surface area contributed by atoms with Crippen LogP contribution in [0.1, 0.15) is 12.8 Å². The van der Waals surface area contributed by atoms with Gasteiger partial charge in [0.15, 0.2) is 0 Å². The van der Waals surface area contributed by atoms with Gasteiger partial charge in [0.1, 0.15) is 6.04 Å². The summed E-state index contributed by atoms with van der Waals surface area (Å²) >= 11 is 0. The third-order valence-electron chi connectivity index (χ3n) is 2.02. The fraction of sp³-hybridized carbons (Fsp3) is 0.833. The van der Waals surface area contributed by atoms with Crippen LogP contribution in [-0.4, -0.2) is 42.0 Å². The second-order valence-corrected chi connectivity index (χ2v) is 2.85. The van der Waals surface area contributed by atoms with E-state index in [1.807, 2.05) is 0 Å². The van der Waals surface area contributed by atoms with E-state index >= 15 is 0 Å². The molecule has 2 atom stereocenters. The maximum atomic E-state index is 10.2. The van der Waals surface area contributed by atoms with Crippen molar-refractivity contribution in [1.29, 1.82) is 0 Å². The van der Waals surface area contributed by atoms with Crippen molar-refractivity contribution in [3.05, 3.63) is 0 Å². The van der Waals surface area contributed by atoms with E-state index in [2.05, 4.69) is 5.32 Å². The van der Waals surface area contributed by atoms with Crippen LogP contribution in [0.4, 0.5) is 0 Å². The van der Waals surface area contributed by atoms with Crippen LogP contribution < -0.4 is 5.32 Å². The second kappa shape index (κ2) is 2.58. The molecule has 1 saturated heterocycles. The molecule has 0 bridgehead atoms. The van der Waals surface area contributed by atoms with Crippen molar-refractivity contribution in [2.45, 2.75) is 24.9 Å². The monoisotopic (exact) mass is 135 g/mol. The summed E-state index contributed by atoms with van der Waals surface area (Å²) in [6, 6.07) is 0.111. The Balaban J connectivity index is 0.000000500. The van der Waals surface area contributed by atoms with E-state index in [-0.39, 0.29) is 24.9 Å². The fourth-order valence-electron chi connectivity index (χ4n) is 1.24. The summed E-state index contributed by atoms with van der Waals surface area (Å²) in [6.45, 7) is 0. The molecule has 0 unspecified atom stereocenters. The van der Waals surface area contributed by atoms with Crippen LogP contribution in [0.25, 0.3) is 0 Å². The van der Waals surface area contributed by atoms with Crippen LogP contribution in [0.15, 0.2) is 0 Å². The predicted octanol–water partition coefficient (Wildman–Crippen LogP) is -0.827. The number of carboxylic acids is 1. The number of rotatable bonds is 2. The Morgan fingerprint density at radius 3 is 2.40 bits per heavy atom. The van der Waals surface area contributed by atoms with Gasteiger partial charge in [0.25, 0.3) is 0 Å². The average molecular weight is 135 g/mol. The molecule has 1 aliphatic carbocycles. The molecule has 52 valence electrons. The second-order valence-electron chi connectivity index (χ2n) is 2.85. The molecule has 2 fully saturated rings. The van der Waals surface area contributed by atoms with Gasteiger partial charge in [0, 0.05) is 6.04 Å². The zero-order valence-electron chi connectivity index (χ0n) is 5.00. The molecular weight excluding hydrogens is 125 g/mol. The van der Waals surface area contributed by atoms with E-state index in [1.165, 1.54) is 12.8 Å². The zero-order chi connectivity index (χ0) is 6.43. The molecule has 1 heterocycles. The first-order valence-corrected chi connectivity index (χ1v) is 3.28. The summed E-state index contributed by atoms with van der Waals surface area (Å²) in [6.07, 6.45) is 2.45. The Morgan fingerprint density at radius 1 is 1.50 bits per heavy atom. The first-order valence-electron chi connectivity index (χ1n) is 3.28. The number of aliphatic carboxylic acids is 1. The van der Waals surface area contributed by atoms with E-state index in [0.29, 0.717) is 12.0 Å². The van der Waals surface area contributed by atoms with Gasteiger partial charge in [-0.3, -0.25) is 10.1 Å². The van der Waals surface area contributed by atoms with Gasteiger partial charge in [-0.2, -0.15) is 0 Å². The molecule has 0 radical (unpaired) electrons. The third kappa shape index (κ3) is 1.37. The van der Waals surface area contributed by atoms with Gasteiger partial charge in [-0.1, -0.05) is 0 Å². The quantitative estimate of drug-likeness (QED) is 0.384. The molecule has 1 saturated carbocycles. The van der Waals surface area contributed by atoms with Crippen molar-refractivity contribution in [1.82, 2.24) is 5.32 Å². The number of nitrogens with one attached hydrogen (secondary N) is 1. The summed E-state index contributed by atoms with van der Waals surface area (Å²) in [5.74, 6) is -0.00185. The van der Waals surface area contributed by atoms with Crippen molar-refractivity contribution >= 4 is 24.8 Å². The normalized spacial score (nSPS) is 36.4. The van der Waals surface area contributed by atoms with Gasteiger partial charge >= 0.3 is 24.8 Å². The molecule has 4 heteroatoms. The Kier molecular flexibility index (Phi) is 2.09. The first-order chi connectivity index (χ1) is 4.29. The van der Waals surface area contributed by atoms with E-state index in [1.54, 1.807) is 0 Å². The fourth-order valence-corrected chi connectivity index (χ4v) is 1.24. The van der Waals surface area contributed by atoms with Crippen LogP contribution in [-0.2, 0) is 4.79 Å². The standard InChI is InChI=1S/C6H9NO2.Li.H/c8-6(9)5-4(7-5)3-1-2-3;;/h3-5,7H,1-2H2,(H,8,9);;/t4-,5+;;/m0../s1. The van der Waals surface area contributed by atoms with Crippen LogP contribution in [0, 0.1) is 5.92 Å². The number of carbonyl (C=O) groups is 1. The molecule has 3 nitrogen and oxygen atoms in total. The minimum atomic E-state index is -0.688. The summed E-state index contributed by atoms with van der Waals surface area (Å²) in [5.41, 5.74) is 0. The van der Waals surface area contributed by atoms with E-state index in [9.17, 15) is 4.79 Å². The van der Waals surface area contributed by atoms with Gasteiger partial charge in [0.2, 0.25) is 0 Å². The average Bonchev–Trinajstić information content (AvgIpc) is 2.60. The van der Waals surface area contributed by atoms with Crippen molar-refractivity contribution in [2.75, 3.05) is 0 Å². The van der Waals surface area contributed by atoms with Crippen molar-refractivity contribution in [3.63, 3.8) is 0 Å². The molecule has 0 aromatic carbocycles. The van der Waals surface area contributed by atoms with Crippen molar-refractivity contribution in [3.8, 4) is 0 Å². The maximum absolute atomic E-state index is 10.2. The molecule has 2 N–H and O–H groups in total. The molecule has 0 aromatic rings. The molecule has 2 rings (SSSR count). The Hall–Kier alpha value is 0.0274. The summed E-state index contributed by atoms with van der Waals surface area (Å²) < 4.78 is 0. The molecule has 10 heavy (non-hydrogen) atoms. The van der Waals surface area contributed by atoms with Crippen LogP contribution in [0.3, 0.4) is 0 Å². The molecular formula is C6H10LiNO2. The van der Waals surface area contributed by atoms with Gasteiger partial charge in [-0.25, -0.2) is 0 Å². The third-order valence-corrected chi connectivity index (χ3v) is 2.02. The van der Waals surface area contributed by atoms with E-state index in [0.717, 1.165) is 0 Å². The van der Waals surface area contributed by atoms with E-state index < -0.39 is 5.97 Å². The van der Waals surface area contributed by atoms with Gasteiger partial charge in [-0.15, -0.1) is 0 Å². The van der Waals surface area contributed by atoms with Crippen molar-refractivity contribution in [2.24, 2.45) is 5.92 Å². The molecule has 1 aliphatic heterocycles. The van der Waals surface area contributed by atoms with E-state index in [4.69, 9.17) is 5.11 Å². The number of hydrogen-bond donors (Lipinski definition) is 2. The Labute approximate surface area is 71.4 Å². The van der Waals surface area contributed by atoms with Gasteiger partial charge < -0.3 is 5.11 Å². The summed E-state index contributed by atoms with van der Waals surface area (Å²) in [7, 11) is 0. The molecule has 0 amide bonds. The van der Waals surface area contributed by atoms with Crippen LogP contribution in [0.5, 0.6) is 0 Å². The summed E-state index contributed by atoms with van der Waals surface area (Å²) in [5, 5.41) is 11.4. The minimum absolute atomic E-state index is 0. The van der Waals surface area contributed by atoms with Crippen LogP contribution >= 0.6 is 0 Å². The molecule has 0 spiro atoms. The first kappa shape index (κ1) is 8.13. The Morgan fingerprint density at radius 2 is 2.10 bits per heavy atom. The topological polar surface area (TPSA) is 59.2 Å². The van der Waals surface area contributed by atoms with Gasteiger partial charge in [0.05, 0.1) is 0 Å². The number of hydrogen-bond acceptors (Lipinski definition) is 2. The SMILES string of the molecule is O=C(O)[C@@H]1N[C@H]1C1CC1.[LiH].